The van der Waals surface area contributed by atoms with E-state index < -0.39 is 17.6 Å². The molecule has 1 aliphatic heterocycles. The Balaban J connectivity index is 0.00000324. The topological polar surface area (TPSA) is 54.9 Å². The molecule has 2 aromatic carbocycles. The maximum atomic E-state index is 13.4. The first-order valence-corrected chi connectivity index (χ1v) is 11.4. The number of hydrogen-bond donors (Lipinski definition) is 0. The molecule has 0 bridgehead atoms. The van der Waals surface area contributed by atoms with Crippen LogP contribution in [0.1, 0.15) is 22.3 Å². The summed E-state index contributed by atoms with van der Waals surface area (Å²) in [5, 5.41) is 0.447. The average Bonchev–Trinajstić information content (AvgIpc) is 3.24. The fourth-order valence-electron chi connectivity index (χ4n) is 3.68. The number of thiazole rings is 1. The predicted octanol–water partition coefficient (Wildman–Crippen LogP) is 5.11. The number of methoxy groups -OCH3 is 1. The van der Waals surface area contributed by atoms with Crippen LogP contribution in [0, 0.1) is 0 Å². The molecule has 0 atom stereocenters. The number of rotatable bonds is 7. The van der Waals surface area contributed by atoms with Crippen molar-refractivity contribution < 1.29 is 27.4 Å². The number of benzene rings is 2. The van der Waals surface area contributed by atoms with Crippen LogP contribution < -0.4 is 9.64 Å². The van der Waals surface area contributed by atoms with Crippen molar-refractivity contribution in [3.05, 3.63) is 53.6 Å². The van der Waals surface area contributed by atoms with Gasteiger partial charge in [-0.2, -0.15) is 13.2 Å². The first-order chi connectivity index (χ1) is 15.8. The first-order valence-electron chi connectivity index (χ1n) is 10.6. The zero-order chi connectivity index (χ0) is 23.4. The molecule has 0 N–H and O–H groups in total. The Labute approximate surface area is 205 Å². The molecule has 0 radical (unpaired) electrons. The van der Waals surface area contributed by atoms with Gasteiger partial charge < -0.3 is 9.47 Å². The Morgan fingerprint density at radius 2 is 1.97 bits per heavy atom. The summed E-state index contributed by atoms with van der Waals surface area (Å²) in [4.78, 5) is 21.7. The van der Waals surface area contributed by atoms with Crippen LogP contribution >= 0.6 is 23.7 Å². The van der Waals surface area contributed by atoms with Crippen LogP contribution in [-0.2, 0) is 10.9 Å². The molecule has 1 aromatic heterocycles. The Kier molecular flexibility index (Phi) is 8.75. The van der Waals surface area contributed by atoms with Crippen molar-refractivity contribution >= 4 is 45.0 Å². The highest BCUT2D eigenvalue weighted by Gasteiger charge is 2.32. The number of alkyl halides is 3. The fourth-order valence-corrected chi connectivity index (χ4v) is 4.70. The van der Waals surface area contributed by atoms with Crippen LogP contribution in [0.3, 0.4) is 0 Å². The number of hydrogen-bond acceptors (Lipinski definition) is 6. The number of carbonyl (C=O) groups is 1. The summed E-state index contributed by atoms with van der Waals surface area (Å²) >= 11 is 1.31. The number of aromatic nitrogens is 1. The van der Waals surface area contributed by atoms with Crippen LogP contribution in [0.15, 0.2) is 42.5 Å². The second-order valence-electron chi connectivity index (χ2n) is 7.67. The van der Waals surface area contributed by atoms with Crippen LogP contribution in [0.5, 0.6) is 5.75 Å². The third-order valence-electron chi connectivity index (χ3n) is 5.46. The van der Waals surface area contributed by atoms with Crippen molar-refractivity contribution in [3.8, 4) is 5.75 Å². The molecule has 34 heavy (non-hydrogen) atoms. The first kappa shape index (κ1) is 26.2. The predicted molar refractivity (Wildman–Crippen MR) is 128 cm³/mol. The highest BCUT2D eigenvalue weighted by molar-refractivity contribution is 7.22. The minimum Gasteiger partial charge on any atom is -0.497 e. The molecule has 1 saturated heterocycles. The number of amides is 1. The van der Waals surface area contributed by atoms with Crippen molar-refractivity contribution in [1.29, 1.82) is 0 Å². The van der Waals surface area contributed by atoms with Gasteiger partial charge in [-0.15, -0.1) is 12.4 Å². The summed E-state index contributed by atoms with van der Waals surface area (Å²) in [6.45, 7) is 4.09. The van der Waals surface area contributed by atoms with Gasteiger partial charge in [0.25, 0.3) is 5.91 Å². The molecular formula is C23H25ClF3N3O3S. The lowest BCUT2D eigenvalue weighted by atomic mass is 10.1. The van der Waals surface area contributed by atoms with Gasteiger partial charge in [0.15, 0.2) is 5.13 Å². The minimum absolute atomic E-state index is 0. The van der Waals surface area contributed by atoms with Gasteiger partial charge in [-0.05, 0) is 42.8 Å². The smallest absolute Gasteiger partial charge is 0.416 e. The largest absolute Gasteiger partial charge is 0.497 e. The molecule has 0 aliphatic carbocycles. The van der Waals surface area contributed by atoms with E-state index in [1.165, 1.54) is 28.4 Å². The molecule has 0 spiro atoms. The van der Waals surface area contributed by atoms with Crippen LogP contribution in [-0.4, -0.2) is 62.3 Å². The van der Waals surface area contributed by atoms with Gasteiger partial charge in [-0.25, -0.2) is 4.98 Å². The van der Waals surface area contributed by atoms with Gasteiger partial charge in [0, 0.05) is 31.7 Å². The summed E-state index contributed by atoms with van der Waals surface area (Å²) in [7, 11) is 1.57. The summed E-state index contributed by atoms with van der Waals surface area (Å²) in [5.41, 5.74) is -0.172. The van der Waals surface area contributed by atoms with Gasteiger partial charge in [0.1, 0.15) is 5.75 Å². The molecule has 1 amide bonds. The van der Waals surface area contributed by atoms with Crippen LogP contribution in [0.2, 0.25) is 0 Å². The molecule has 184 valence electrons. The lowest BCUT2D eigenvalue weighted by Gasteiger charge is -2.27. The summed E-state index contributed by atoms with van der Waals surface area (Å²) < 4.78 is 51.1. The maximum absolute atomic E-state index is 13.4. The molecule has 11 heteroatoms. The number of carbonyl (C=O) groups excluding carboxylic acids is 1. The Morgan fingerprint density at radius 1 is 1.21 bits per heavy atom. The molecule has 4 rings (SSSR count). The Morgan fingerprint density at radius 3 is 2.68 bits per heavy atom. The lowest BCUT2D eigenvalue weighted by molar-refractivity contribution is -0.137. The maximum Gasteiger partial charge on any atom is 0.416 e. The molecule has 1 aliphatic rings. The number of fused-ring (bicyclic) bond motifs is 1. The molecule has 6 nitrogen and oxygen atoms in total. The van der Waals surface area contributed by atoms with E-state index in [0.29, 0.717) is 42.6 Å². The van der Waals surface area contributed by atoms with E-state index in [1.54, 1.807) is 19.2 Å². The standard InChI is InChI=1S/C23H24F3N3O3S.ClH/c1-31-18-6-7-19-20(15-18)33-22(27-19)29(9-3-8-28-10-12-32-13-11-28)21(30)16-4-2-5-17(14-16)23(24,25)26;/h2,4-7,14-15H,3,8-13H2,1H3;1H. The summed E-state index contributed by atoms with van der Waals surface area (Å²) in [6, 6.07) is 9.93. The number of anilines is 1. The van der Waals surface area contributed by atoms with Crippen LogP contribution in [0.4, 0.5) is 18.3 Å². The minimum atomic E-state index is -4.52. The number of ether oxygens (including phenoxy) is 2. The van der Waals surface area contributed by atoms with Gasteiger partial charge >= 0.3 is 6.18 Å². The third-order valence-corrected chi connectivity index (χ3v) is 6.50. The zero-order valence-electron chi connectivity index (χ0n) is 18.5. The van der Waals surface area contributed by atoms with E-state index in [0.717, 1.165) is 36.5 Å². The summed E-state index contributed by atoms with van der Waals surface area (Å²) in [5.74, 6) is 0.162. The van der Waals surface area contributed by atoms with E-state index in [-0.39, 0.29) is 18.0 Å². The van der Waals surface area contributed by atoms with Crippen LogP contribution in [0.25, 0.3) is 10.2 Å². The lowest BCUT2D eigenvalue weighted by Crippen LogP contribution is -2.39. The summed E-state index contributed by atoms with van der Waals surface area (Å²) in [6.07, 6.45) is -3.87. The SMILES string of the molecule is COc1ccc2nc(N(CCCN3CCOCC3)C(=O)c3cccc(C(F)(F)F)c3)sc2c1.Cl. The van der Waals surface area contributed by atoms with E-state index in [9.17, 15) is 18.0 Å². The van der Waals surface area contributed by atoms with Crippen molar-refractivity contribution in [3.63, 3.8) is 0 Å². The van der Waals surface area contributed by atoms with Crippen molar-refractivity contribution in [2.45, 2.75) is 12.6 Å². The molecule has 0 saturated carbocycles. The fraction of sp³-hybridized carbons (Fsp3) is 0.391. The van der Waals surface area contributed by atoms with E-state index in [4.69, 9.17) is 9.47 Å². The van der Waals surface area contributed by atoms with E-state index in [2.05, 4.69) is 9.88 Å². The Bertz CT molecular complexity index is 1120. The highest BCUT2D eigenvalue weighted by atomic mass is 35.5. The van der Waals surface area contributed by atoms with Gasteiger partial charge in [-0.1, -0.05) is 17.4 Å². The monoisotopic (exact) mass is 515 g/mol. The van der Waals surface area contributed by atoms with Crippen molar-refractivity contribution in [2.24, 2.45) is 0 Å². The van der Waals surface area contributed by atoms with E-state index in [1.807, 2.05) is 6.07 Å². The molecule has 2 heterocycles. The van der Waals surface area contributed by atoms with Gasteiger partial charge in [0.2, 0.25) is 0 Å². The second kappa shape index (κ2) is 11.4. The second-order valence-corrected chi connectivity index (χ2v) is 8.68. The van der Waals surface area contributed by atoms with Crippen molar-refractivity contribution in [1.82, 2.24) is 9.88 Å². The molecular weight excluding hydrogens is 491 g/mol. The van der Waals surface area contributed by atoms with Gasteiger partial charge in [-0.3, -0.25) is 14.6 Å². The molecule has 1 fully saturated rings. The van der Waals surface area contributed by atoms with Crippen molar-refractivity contribution in [2.75, 3.05) is 51.4 Å². The number of nitrogens with zero attached hydrogens (tertiary/aromatic N) is 3. The average molecular weight is 516 g/mol. The normalized spacial score (nSPS) is 14.6. The highest BCUT2D eigenvalue weighted by Crippen LogP contribution is 2.33. The molecule has 0 unspecified atom stereocenters. The zero-order valence-corrected chi connectivity index (χ0v) is 20.1. The molecule has 3 aromatic rings. The number of morpholine rings is 1. The van der Waals surface area contributed by atoms with Gasteiger partial charge in [0.05, 0.1) is 36.1 Å². The third kappa shape index (κ3) is 6.18. The number of halogens is 4. The quantitative estimate of drug-likeness (QED) is 0.437. The Hall–Kier alpha value is -2.40. The van der Waals surface area contributed by atoms with E-state index >= 15 is 0 Å².